The van der Waals surface area contributed by atoms with E-state index in [0.717, 1.165) is 73.3 Å². The van der Waals surface area contributed by atoms with Crippen LogP contribution in [0.1, 0.15) is 77.3 Å². The predicted molar refractivity (Wildman–Crippen MR) is 199 cm³/mol. The van der Waals surface area contributed by atoms with Crippen LogP contribution in [0.4, 0.5) is 4.79 Å². The number of urea groups is 1. The number of nitrogens with zero attached hydrogens (tertiary/aromatic N) is 4. The Morgan fingerprint density at radius 2 is 1.00 bits per heavy atom. The molecule has 0 atom stereocenters. The molecule has 9 nitrogen and oxygen atoms in total. The largest absolute Gasteiger partial charge is 0.497 e. The number of likely N-dealkylation sites (tertiary alicyclic amines) is 2. The highest BCUT2D eigenvalue weighted by Crippen LogP contribution is 2.25. The van der Waals surface area contributed by atoms with Crippen LogP contribution in [0.15, 0.2) is 70.9 Å². The van der Waals surface area contributed by atoms with Gasteiger partial charge >= 0.3 is 6.03 Å². The molecule has 2 amide bonds. The van der Waals surface area contributed by atoms with Crippen molar-refractivity contribution >= 4 is 29.6 Å². The normalized spacial score (nSPS) is 17.5. The number of carbonyl (C=O) groups excluding carboxylic acids is 1. The number of methoxy groups -OCH3 is 2. The molecule has 2 aliphatic heterocycles. The van der Waals surface area contributed by atoms with Gasteiger partial charge in [0.2, 0.25) is 0 Å². The first kappa shape index (κ1) is 36.9. The standard InChI is InChI=1S/C39H56N6O3/c1-38(2,29-44-25-9-7-10-26-44)35(23-17-31-13-19-33(47-5)20-14-31)40-42-37(46)43-41-36(24-18-32-15-21-34(48-6)22-16-32)39(3,4)30-45-27-11-8-12-28-45/h13-24H,7-12,25-30H2,1-6H3,(H2,42,43,46)/b23-17+,24-18+,40-35+,41-36+. The van der Waals surface area contributed by atoms with Crippen molar-refractivity contribution < 1.29 is 14.3 Å². The Balaban J connectivity index is 1.53. The third-order valence-corrected chi connectivity index (χ3v) is 9.18. The minimum absolute atomic E-state index is 0.306. The van der Waals surface area contributed by atoms with Crippen molar-refractivity contribution in [3.63, 3.8) is 0 Å². The minimum Gasteiger partial charge on any atom is -0.497 e. The van der Waals surface area contributed by atoms with Gasteiger partial charge < -0.3 is 19.3 Å². The Kier molecular flexibility index (Phi) is 13.8. The molecule has 2 aliphatic rings. The number of piperidine rings is 2. The lowest BCUT2D eigenvalue weighted by Gasteiger charge is -2.35. The van der Waals surface area contributed by atoms with Crippen LogP contribution in [0.3, 0.4) is 0 Å². The molecule has 2 saturated heterocycles. The van der Waals surface area contributed by atoms with Gasteiger partial charge in [-0.15, -0.1) is 0 Å². The Hall–Kier alpha value is -3.95. The first-order chi connectivity index (χ1) is 23.1. The molecule has 4 rings (SSSR count). The lowest BCUT2D eigenvalue weighted by atomic mass is 9.85. The molecule has 48 heavy (non-hydrogen) atoms. The number of hydrogen-bond acceptors (Lipinski definition) is 7. The molecule has 2 aromatic rings. The number of rotatable bonds is 14. The number of carbonyl (C=O) groups is 1. The summed E-state index contributed by atoms with van der Waals surface area (Å²) in [7, 11) is 3.32. The maximum absolute atomic E-state index is 13.2. The molecule has 0 bridgehead atoms. The molecule has 0 radical (unpaired) electrons. The molecule has 0 unspecified atom stereocenters. The highest BCUT2D eigenvalue weighted by Gasteiger charge is 2.29. The topological polar surface area (TPSA) is 90.8 Å². The summed E-state index contributed by atoms with van der Waals surface area (Å²) in [5.74, 6) is 1.62. The monoisotopic (exact) mass is 656 g/mol. The third-order valence-electron chi connectivity index (χ3n) is 9.18. The highest BCUT2D eigenvalue weighted by atomic mass is 16.5. The second-order valence-corrected chi connectivity index (χ2v) is 14.2. The summed E-state index contributed by atoms with van der Waals surface area (Å²) in [6, 6.07) is 15.3. The van der Waals surface area contributed by atoms with E-state index in [4.69, 9.17) is 9.47 Å². The first-order valence-corrected chi connectivity index (χ1v) is 17.4. The molecule has 0 aliphatic carbocycles. The van der Waals surface area contributed by atoms with Crippen LogP contribution in [0, 0.1) is 10.8 Å². The lowest BCUT2D eigenvalue weighted by Crippen LogP contribution is -2.43. The van der Waals surface area contributed by atoms with Gasteiger partial charge in [0.25, 0.3) is 0 Å². The molecule has 260 valence electrons. The van der Waals surface area contributed by atoms with E-state index in [1.807, 2.05) is 72.8 Å². The highest BCUT2D eigenvalue weighted by molar-refractivity contribution is 6.03. The van der Waals surface area contributed by atoms with E-state index in [1.165, 1.54) is 38.5 Å². The van der Waals surface area contributed by atoms with Crippen LogP contribution in [-0.4, -0.2) is 80.7 Å². The molecule has 0 spiro atoms. The zero-order chi connectivity index (χ0) is 34.4. The Bertz CT molecular complexity index is 1310. The van der Waals surface area contributed by atoms with Crippen molar-refractivity contribution in [3.05, 3.63) is 71.8 Å². The summed E-state index contributed by atoms with van der Waals surface area (Å²) in [6.45, 7) is 14.8. The molecule has 2 aromatic carbocycles. The maximum atomic E-state index is 13.2. The smallest absolute Gasteiger partial charge is 0.355 e. The maximum Gasteiger partial charge on any atom is 0.355 e. The molecule has 9 heteroatoms. The number of hydrogen-bond donors (Lipinski definition) is 2. The van der Waals surface area contributed by atoms with Crippen molar-refractivity contribution in [3.8, 4) is 11.5 Å². The molecule has 2 N–H and O–H groups in total. The second-order valence-electron chi connectivity index (χ2n) is 14.2. The summed E-state index contributed by atoms with van der Waals surface area (Å²) in [6.07, 6.45) is 15.5. The van der Waals surface area contributed by atoms with E-state index in [1.54, 1.807) is 14.2 Å². The lowest BCUT2D eigenvalue weighted by molar-refractivity contribution is 0.186. The number of nitrogens with one attached hydrogen (secondary N) is 2. The quantitative estimate of drug-likeness (QED) is 0.163. The van der Waals surface area contributed by atoms with Gasteiger partial charge in [0.05, 0.1) is 25.6 Å². The van der Waals surface area contributed by atoms with E-state index < -0.39 is 6.03 Å². The van der Waals surface area contributed by atoms with E-state index in [0.29, 0.717) is 0 Å². The Morgan fingerprint density at radius 3 is 1.33 bits per heavy atom. The molecule has 0 saturated carbocycles. The van der Waals surface area contributed by atoms with Gasteiger partial charge in [-0.25, -0.2) is 15.6 Å². The molecular formula is C39H56N6O3. The fraction of sp³-hybridized carbons (Fsp3) is 0.513. The second kappa shape index (κ2) is 18.0. The molecule has 2 heterocycles. The fourth-order valence-electron chi connectivity index (χ4n) is 6.37. The summed E-state index contributed by atoms with van der Waals surface area (Å²) in [5, 5.41) is 9.32. The number of ether oxygens (including phenoxy) is 2. The van der Waals surface area contributed by atoms with Gasteiger partial charge in [0.1, 0.15) is 11.5 Å². The van der Waals surface area contributed by atoms with Crippen LogP contribution in [-0.2, 0) is 0 Å². The number of benzene rings is 2. The van der Waals surface area contributed by atoms with Gasteiger partial charge in [-0.3, -0.25) is 0 Å². The SMILES string of the molecule is COc1ccc(/C=C/C(=N\NC(=O)N/N=C(\C=C\c2ccc(OC)cc2)C(C)(C)CN2CCCCC2)C(C)(C)CN2CCCCC2)cc1. The summed E-state index contributed by atoms with van der Waals surface area (Å²) in [4.78, 5) is 18.2. The van der Waals surface area contributed by atoms with Crippen molar-refractivity contribution in [2.75, 3.05) is 53.5 Å². The van der Waals surface area contributed by atoms with Crippen LogP contribution < -0.4 is 20.3 Å². The van der Waals surface area contributed by atoms with Gasteiger partial charge in [-0.2, -0.15) is 10.2 Å². The van der Waals surface area contributed by atoms with Crippen LogP contribution in [0.5, 0.6) is 11.5 Å². The van der Waals surface area contributed by atoms with Crippen molar-refractivity contribution in [1.29, 1.82) is 0 Å². The van der Waals surface area contributed by atoms with E-state index in [2.05, 4.69) is 58.5 Å². The third kappa shape index (κ3) is 11.6. The predicted octanol–water partition coefficient (Wildman–Crippen LogP) is 7.47. The van der Waals surface area contributed by atoms with E-state index >= 15 is 0 Å². The number of allylic oxidation sites excluding steroid dienone is 2. The molecule has 2 fully saturated rings. The van der Waals surface area contributed by atoms with Gasteiger partial charge in [0, 0.05) is 23.9 Å². The average Bonchev–Trinajstić information content (AvgIpc) is 3.09. The zero-order valence-electron chi connectivity index (χ0n) is 29.9. The Morgan fingerprint density at radius 1 is 0.646 bits per heavy atom. The molecule has 0 aromatic heterocycles. The van der Waals surface area contributed by atoms with E-state index in [9.17, 15) is 4.79 Å². The summed E-state index contributed by atoms with van der Waals surface area (Å²) >= 11 is 0. The summed E-state index contributed by atoms with van der Waals surface area (Å²) in [5.41, 5.74) is 8.50. The van der Waals surface area contributed by atoms with Crippen molar-refractivity contribution in [2.45, 2.75) is 66.2 Å². The van der Waals surface area contributed by atoms with Gasteiger partial charge in [0.15, 0.2) is 0 Å². The summed E-state index contributed by atoms with van der Waals surface area (Å²) < 4.78 is 10.6. The van der Waals surface area contributed by atoms with Crippen molar-refractivity contribution in [1.82, 2.24) is 20.7 Å². The first-order valence-electron chi connectivity index (χ1n) is 17.4. The van der Waals surface area contributed by atoms with Gasteiger partial charge in [-0.05, 0) is 99.4 Å². The average molecular weight is 657 g/mol. The van der Waals surface area contributed by atoms with E-state index in [-0.39, 0.29) is 10.8 Å². The Labute approximate surface area is 288 Å². The zero-order valence-corrected chi connectivity index (χ0v) is 29.9. The van der Waals surface area contributed by atoms with Crippen LogP contribution >= 0.6 is 0 Å². The molecular weight excluding hydrogens is 600 g/mol. The van der Waals surface area contributed by atoms with Crippen LogP contribution in [0.2, 0.25) is 0 Å². The number of amides is 2. The fourth-order valence-corrected chi connectivity index (χ4v) is 6.37. The number of hydrazone groups is 2. The van der Waals surface area contributed by atoms with Crippen LogP contribution in [0.25, 0.3) is 12.2 Å². The minimum atomic E-state index is -0.483. The van der Waals surface area contributed by atoms with Crippen molar-refractivity contribution in [2.24, 2.45) is 21.0 Å². The van der Waals surface area contributed by atoms with Gasteiger partial charge in [-0.1, -0.05) is 77.0 Å².